The summed E-state index contributed by atoms with van der Waals surface area (Å²) in [7, 11) is 0. The van der Waals surface area contributed by atoms with Gasteiger partial charge in [-0.1, -0.05) is 39.0 Å². The van der Waals surface area contributed by atoms with Gasteiger partial charge in [0.05, 0.1) is 31.8 Å². The van der Waals surface area contributed by atoms with Gasteiger partial charge in [0.2, 0.25) is 18.2 Å². The summed E-state index contributed by atoms with van der Waals surface area (Å²) in [6.45, 7) is 11.6. The molecule has 1 heterocycles. The van der Waals surface area contributed by atoms with Crippen molar-refractivity contribution in [2.45, 2.75) is 46.2 Å². The van der Waals surface area contributed by atoms with Crippen molar-refractivity contribution in [3.8, 4) is 5.75 Å². The van der Waals surface area contributed by atoms with E-state index in [9.17, 15) is 19.6 Å². The molecule has 1 aromatic rings. The number of hydrogen-bond donors (Lipinski definition) is 3. The predicted octanol–water partition coefficient (Wildman–Crippen LogP) is 1.29. The molecule has 3 amide bonds. The van der Waals surface area contributed by atoms with Crippen LogP contribution in [0.3, 0.4) is 0 Å². The molecular formula is C25H40N4O6. The number of nitrogens with one attached hydrogen (secondary N) is 2. The van der Waals surface area contributed by atoms with Gasteiger partial charge in [0.25, 0.3) is 0 Å². The molecule has 1 saturated heterocycles. The number of hydrogen-bond acceptors (Lipinski definition) is 7. The van der Waals surface area contributed by atoms with E-state index in [4.69, 9.17) is 9.47 Å². The fraction of sp³-hybridized carbons (Fsp3) is 0.640. The Morgan fingerprint density at radius 3 is 2.46 bits per heavy atom. The minimum atomic E-state index is -0.808. The normalized spacial score (nSPS) is 17.1. The maximum absolute atomic E-state index is 13.3. The van der Waals surface area contributed by atoms with Crippen molar-refractivity contribution in [2.75, 3.05) is 46.0 Å². The first kappa shape index (κ1) is 28.5. The Morgan fingerprint density at radius 1 is 1.20 bits per heavy atom. The maximum atomic E-state index is 13.3. The fourth-order valence-corrected chi connectivity index (χ4v) is 3.88. The van der Waals surface area contributed by atoms with Gasteiger partial charge >= 0.3 is 0 Å². The van der Waals surface area contributed by atoms with Crippen molar-refractivity contribution >= 4 is 18.2 Å². The molecular weight excluding hydrogens is 452 g/mol. The van der Waals surface area contributed by atoms with Crippen molar-refractivity contribution in [1.29, 1.82) is 0 Å². The third-order valence-electron chi connectivity index (χ3n) is 6.13. The Morgan fingerprint density at radius 2 is 1.86 bits per heavy atom. The third kappa shape index (κ3) is 9.46. The molecule has 0 aromatic heterocycles. The Bertz CT molecular complexity index is 795. The SMILES string of the molecule is C[C@@H]([C@@H](CCOc1ccccc1)C(=O)NC(C(=O)NCCN1CCOCC1)C(C)(C)C)N(O)C=O. The highest BCUT2D eigenvalue weighted by molar-refractivity contribution is 5.89. The molecule has 1 unspecified atom stereocenters. The number of carbonyl (C=O) groups excluding carboxylic acids is 3. The van der Waals surface area contributed by atoms with Crippen LogP contribution in [0.1, 0.15) is 34.1 Å². The standard InChI is InChI=1S/C25H40N4O6/c1-19(29(33)18-30)21(10-15-35-20-8-6-5-7-9-20)23(31)27-22(25(2,3)4)24(32)26-11-12-28-13-16-34-17-14-28/h5-9,18-19,21-22,33H,10-17H2,1-4H3,(H,26,32)(H,27,31)/t19-,21+,22?/m0/s1. The van der Waals surface area contributed by atoms with Gasteiger partial charge in [-0.05, 0) is 30.9 Å². The Labute approximate surface area is 207 Å². The van der Waals surface area contributed by atoms with Gasteiger partial charge in [0, 0.05) is 26.2 Å². The number of benzene rings is 1. The van der Waals surface area contributed by atoms with Crippen molar-refractivity contribution in [3.05, 3.63) is 30.3 Å². The van der Waals surface area contributed by atoms with Gasteiger partial charge in [-0.15, -0.1) is 0 Å². The van der Waals surface area contributed by atoms with E-state index < -0.39 is 29.3 Å². The lowest BCUT2D eigenvalue weighted by atomic mass is 9.85. The zero-order valence-electron chi connectivity index (χ0n) is 21.2. The second-order valence-electron chi connectivity index (χ2n) is 9.84. The van der Waals surface area contributed by atoms with Crippen LogP contribution in [-0.2, 0) is 19.1 Å². The first-order valence-corrected chi connectivity index (χ1v) is 12.1. The summed E-state index contributed by atoms with van der Waals surface area (Å²) in [6.07, 6.45) is 0.505. The molecule has 196 valence electrons. The summed E-state index contributed by atoms with van der Waals surface area (Å²) in [5.74, 6) is -0.844. The fourth-order valence-electron chi connectivity index (χ4n) is 3.88. The van der Waals surface area contributed by atoms with Gasteiger partial charge < -0.3 is 20.1 Å². The number of nitrogens with zero attached hydrogens (tertiary/aromatic N) is 2. The molecule has 10 nitrogen and oxygen atoms in total. The van der Waals surface area contributed by atoms with Crippen molar-refractivity contribution in [1.82, 2.24) is 20.6 Å². The first-order chi connectivity index (χ1) is 16.6. The van der Waals surface area contributed by atoms with E-state index in [2.05, 4.69) is 15.5 Å². The van der Waals surface area contributed by atoms with Crippen LogP contribution in [0, 0.1) is 11.3 Å². The highest BCUT2D eigenvalue weighted by Gasteiger charge is 2.36. The van der Waals surface area contributed by atoms with Crippen molar-refractivity contribution < 1.29 is 29.1 Å². The molecule has 35 heavy (non-hydrogen) atoms. The maximum Gasteiger partial charge on any atom is 0.243 e. The van der Waals surface area contributed by atoms with E-state index in [0.29, 0.717) is 37.1 Å². The zero-order chi connectivity index (χ0) is 25.8. The molecule has 10 heteroatoms. The molecule has 0 bridgehead atoms. The predicted molar refractivity (Wildman–Crippen MR) is 131 cm³/mol. The van der Waals surface area contributed by atoms with Crippen LogP contribution in [-0.4, -0.2) is 91.5 Å². The molecule has 1 fully saturated rings. The lowest BCUT2D eigenvalue weighted by Crippen LogP contribution is -2.57. The Balaban J connectivity index is 2.01. The molecule has 3 N–H and O–H groups in total. The largest absolute Gasteiger partial charge is 0.494 e. The Kier molecular flexibility index (Phi) is 11.4. The number of para-hydroxylation sites is 1. The van der Waals surface area contributed by atoms with E-state index in [1.807, 2.05) is 39.0 Å². The monoisotopic (exact) mass is 492 g/mol. The molecule has 0 saturated carbocycles. The second kappa shape index (κ2) is 14.0. The van der Waals surface area contributed by atoms with E-state index in [1.165, 1.54) is 0 Å². The quantitative estimate of drug-likeness (QED) is 0.216. The average molecular weight is 493 g/mol. The molecule has 0 aliphatic carbocycles. The van der Waals surface area contributed by atoms with Crippen LogP contribution in [0.2, 0.25) is 0 Å². The summed E-state index contributed by atoms with van der Waals surface area (Å²) >= 11 is 0. The molecule has 1 aliphatic rings. The summed E-state index contributed by atoms with van der Waals surface area (Å²) in [4.78, 5) is 39.7. The molecule has 0 spiro atoms. The lowest BCUT2D eigenvalue weighted by Gasteiger charge is -2.34. The highest BCUT2D eigenvalue weighted by Crippen LogP contribution is 2.22. The van der Waals surface area contributed by atoms with Crippen LogP contribution in [0.25, 0.3) is 0 Å². The summed E-state index contributed by atoms with van der Waals surface area (Å²) in [5.41, 5.74) is -0.559. The van der Waals surface area contributed by atoms with Gasteiger partial charge in [0.1, 0.15) is 11.8 Å². The second-order valence-corrected chi connectivity index (χ2v) is 9.84. The number of morpholine rings is 1. The molecule has 2 rings (SSSR count). The van der Waals surface area contributed by atoms with Gasteiger partial charge in [-0.2, -0.15) is 0 Å². The van der Waals surface area contributed by atoms with Crippen molar-refractivity contribution in [2.24, 2.45) is 11.3 Å². The molecule has 1 aromatic carbocycles. The van der Waals surface area contributed by atoms with Crippen LogP contribution in [0.15, 0.2) is 30.3 Å². The Hall–Kier alpha value is -2.69. The van der Waals surface area contributed by atoms with E-state index in [1.54, 1.807) is 19.1 Å². The molecule has 1 aliphatic heterocycles. The third-order valence-corrected chi connectivity index (χ3v) is 6.13. The van der Waals surface area contributed by atoms with Crippen LogP contribution < -0.4 is 15.4 Å². The van der Waals surface area contributed by atoms with Crippen LogP contribution in [0.5, 0.6) is 5.75 Å². The number of amides is 3. The highest BCUT2D eigenvalue weighted by atomic mass is 16.5. The van der Waals surface area contributed by atoms with Crippen LogP contribution in [0.4, 0.5) is 0 Å². The van der Waals surface area contributed by atoms with E-state index >= 15 is 0 Å². The zero-order valence-corrected chi connectivity index (χ0v) is 21.2. The molecule has 0 radical (unpaired) electrons. The smallest absolute Gasteiger partial charge is 0.243 e. The number of ether oxygens (including phenoxy) is 2. The first-order valence-electron chi connectivity index (χ1n) is 12.1. The van der Waals surface area contributed by atoms with Gasteiger partial charge in [-0.25, -0.2) is 5.06 Å². The van der Waals surface area contributed by atoms with E-state index in [-0.39, 0.29) is 25.3 Å². The number of hydroxylamine groups is 2. The number of carbonyl (C=O) groups is 3. The topological polar surface area (TPSA) is 120 Å². The van der Waals surface area contributed by atoms with E-state index in [0.717, 1.165) is 13.1 Å². The molecule has 3 atom stereocenters. The summed E-state index contributed by atoms with van der Waals surface area (Å²) in [5, 5.41) is 16.2. The number of rotatable bonds is 13. The minimum Gasteiger partial charge on any atom is -0.494 e. The summed E-state index contributed by atoms with van der Waals surface area (Å²) in [6, 6.07) is 7.56. The average Bonchev–Trinajstić information content (AvgIpc) is 2.84. The van der Waals surface area contributed by atoms with Gasteiger partial charge in [0.15, 0.2) is 0 Å². The van der Waals surface area contributed by atoms with Crippen molar-refractivity contribution in [3.63, 3.8) is 0 Å². The summed E-state index contributed by atoms with van der Waals surface area (Å²) < 4.78 is 11.1. The lowest BCUT2D eigenvalue weighted by molar-refractivity contribution is -0.166. The van der Waals surface area contributed by atoms with Crippen LogP contribution >= 0.6 is 0 Å². The van der Waals surface area contributed by atoms with Gasteiger partial charge in [-0.3, -0.25) is 24.5 Å². The minimum absolute atomic E-state index is 0.199.